The maximum Gasteiger partial charge on any atom is 0.249 e. The third-order valence-corrected chi connectivity index (χ3v) is 10.2. The molecule has 2 heterocycles. The van der Waals surface area contributed by atoms with Crippen LogP contribution in [-0.2, 0) is 27.2 Å². The summed E-state index contributed by atoms with van der Waals surface area (Å²) in [6.45, 7) is 5.96. The smallest absolute Gasteiger partial charge is 0.249 e. The fraction of sp³-hybridized carbons (Fsp3) is 0.462. The van der Waals surface area contributed by atoms with E-state index in [1.54, 1.807) is 4.90 Å². The van der Waals surface area contributed by atoms with Crippen molar-refractivity contribution < 1.29 is 33.0 Å². The number of aliphatic hydroxyl groups excluding tert-OH is 1. The highest BCUT2D eigenvalue weighted by atomic mass is 19.1. The quantitative estimate of drug-likeness (QED) is 0.189. The highest BCUT2D eigenvalue weighted by Gasteiger charge is 2.53. The van der Waals surface area contributed by atoms with Gasteiger partial charge in [0.1, 0.15) is 35.1 Å². The number of hydrogen-bond acceptors (Lipinski definition) is 6. The molecule has 7 atom stereocenters. The minimum Gasteiger partial charge on any atom is -0.489 e. The zero-order valence-corrected chi connectivity index (χ0v) is 28.9. The Hall–Kier alpha value is -4.35. The van der Waals surface area contributed by atoms with E-state index in [0.29, 0.717) is 38.0 Å². The maximum absolute atomic E-state index is 14.4. The summed E-state index contributed by atoms with van der Waals surface area (Å²) in [6, 6.07) is 19.7. The number of rotatable bonds is 15. The van der Waals surface area contributed by atoms with Crippen LogP contribution in [0.15, 0.2) is 78.9 Å². The predicted octanol–water partition coefficient (Wildman–Crippen LogP) is 4.32. The molecule has 2 aliphatic rings. The third-order valence-electron chi connectivity index (χ3n) is 10.2. The summed E-state index contributed by atoms with van der Waals surface area (Å²) in [5, 5.41) is 21.0. The largest absolute Gasteiger partial charge is 0.489 e. The van der Waals surface area contributed by atoms with Gasteiger partial charge in [-0.2, -0.15) is 0 Å². The van der Waals surface area contributed by atoms with E-state index in [9.17, 15) is 28.3 Å². The van der Waals surface area contributed by atoms with Gasteiger partial charge >= 0.3 is 0 Å². The third kappa shape index (κ3) is 8.86. The van der Waals surface area contributed by atoms with E-state index >= 15 is 0 Å². The molecule has 11 heteroatoms. The normalized spacial score (nSPS) is 22.8. The predicted molar refractivity (Wildman–Crippen MR) is 186 cm³/mol. The van der Waals surface area contributed by atoms with Gasteiger partial charge in [-0.1, -0.05) is 68.8 Å². The van der Waals surface area contributed by atoms with Gasteiger partial charge in [-0.25, -0.2) is 8.78 Å². The number of benzene rings is 3. The van der Waals surface area contributed by atoms with E-state index in [2.05, 4.69) is 16.0 Å². The maximum atomic E-state index is 14.4. The summed E-state index contributed by atoms with van der Waals surface area (Å²) < 4.78 is 34.7. The number of para-hydroxylation sites is 1. The van der Waals surface area contributed by atoms with Gasteiger partial charge < -0.3 is 30.7 Å². The van der Waals surface area contributed by atoms with Gasteiger partial charge in [0, 0.05) is 38.5 Å². The lowest BCUT2D eigenvalue weighted by atomic mass is 9.81. The monoisotopic (exact) mass is 690 g/mol. The number of nitrogens with zero attached hydrogens (tertiary/aromatic N) is 1. The molecule has 0 bridgehead atoms. The van der Waals surface area contributed by atoms with E-state index in [1.165, 1.54) is 19.1 Å². The molecule has 3 aromatic carbocycles. The summed E-state index contributed by atoms with van der Waals surface area (Å²) in [5.74, 6) is -2.16. The molecule has 0 spiro atoms. The highest BCUT2D eigenvalue weighted by Crippen LogP contribution is 2.35. The van der Waals surface area contributed by atoms with Crippen molar-refractivity contribution >= 4 is 17.7 Å². The molecule has 2 unspecified atom stereocenters. The average molecular weight is 691 g/mol. The molecule has 268 valence electrons. The summed E-state index contributed by atoms with van der Waals surface area (Å²) in [7, 11) is 0. The minimum atomic E-state index is -1.17. The topological polar surface area (TPSA) is 120 Å². The summed E-state index contributed by atoms with van der Waals surface area (Å²) in [6.07, 6.45) is 0.707. The Morgan fingerprint density at radius 2 is 1.70 bits per heavy atom. The molecule has 50 heavy (non-hydrogen) atoms. The second-order valence-corrected chi connectivity index (χ2v) is 13.6. The van der Waals surface area contributed by atoms with Crippen LogP contribution in [0.1, 0.15) is 57.6 Å². The van der Waals surface area contributed by atoms with Gasteiger partial charge in [-0.05, 0) is 67.0 Å². The van der Waals surface area contributed by atoms with Crippen molar-refractivity contribution in [1.29, 1.82) is 0 Å². The van der Waals surface area contributed by atoms with Crippen molar-refractivity contribution in [2.75, 3.05) is 13.1 Å². The van der Waals surface area contributed by atoms with Gasteiger partial charge in [-0.3, -0.25) is 14.4 Å². The van der Waals surface area contributed by atoms with Crippen molar-refractivity contribution in [3.8, 4) is 5.75 Å². The van der Waals surface area contributed by atoms with Crippen LogP contribution in [0.3, 0.4) is 0 Å². The van der Waals surface area contributed by atoms with Crippen LogP contribution in [0, 0.1) is 17.6 Å². The number of carbonyl (C=O) groups is 3. The molecule has 4 N–H and O–H groups in total. The van der Waals surface area contributed by atoms with Gasteiger partial charge in [0.05, 0.1) is 12.1 Å². The Labute approximate surface area is 292 Å². The van der Waals surface area contributed by atoms with Crippen molar-refractivity contribution in [3.05, 3.63) is 102 Å². The minimum absolute atomic E-state index is 0.0635. The fourth-order valence-electron chi connectivity index (χ4n) is 7.37. The van der Waals surface area contributed by atoms with Gasteiger partial charge in [-0.15, -0.1) is 0 Å². The molecular weight excluding hydrogens is 642 g/mol. The molecule has 5 rings (SSSR count). The van der Waals surface area contributed by atoms with Crippen LogP contribution < -0.4 is 20.7 Å². The first kappa shape index (κ1) is 36.9. The van der Waals surface area contributed by atoms with E-state index < -0.39 is 47.3 Å². The molecule has 2 fully saturated rings. The molecule has 3 aromatic rings. The Balaban J connectivity index is 1.41. The van der Waals surface area contributed by atoms with E-state index in [-0.39, 0.29) is 48.8 Å². The summed E-state index contributed by atoms with van der Waals surface area (Å²) in [4.78, 5) is 42.6. The zero-order valence-electron chi connectivity index (χ0n) is 28.9. The Morgan fingerprint density at radius 3 is 2.34 bits per heavy atom. The fourth-order valence-corrected chi connectivity index (χ4v) is 7.37. The Morgan fingerprint density at radius 1 is 1.04 bits per heavy atom. The SMILES string of the molecule is CC[C@@H](C)C1(NC(C)=O)CCN(C(CCc2ccccc2)C(=O)N[C@@H](Cc2cc(F)cc(F)c2)[C@H](O)[C@H]2C[C@H](Oc3ccccc3)CN2)C1=O. The van der Waals surface area contributed by atoms with Crippen LogP contribution in [0.25, 0.3) is 0 Å². The van der Waals surface area contributed by atoms with Gasteiger partial charge in [0.2, 0.25) is 17.7 Å². The van der Waals surface area contributed by atoms with E-state index in [4.69, 9.17) is 4.74 Å². The second kappa shape index (κ2) is 16.6. The first-order valence-corrected chi connectivity index (χ1v) is 17.5. The van der Waals surface area contributed by atoms with Gasteiger partial charge in [0.15, 0.2) is 0 Å². The first-order chi connectivity index (χ1) is 24.0. The van der Waals surface area contributed by atoms with Crippen molar-refractivity contribution in [1.82, 2.24) is 20.9 Å². The number of likely N-dealkylation sites (tertiary alicyclic amines) is 1. The van der Waals surface area contributed by atoms with Gasteiger partial charge in [0.25, 0.3) is 0 Å². The molecule has 9 nitrogen and oxygen atoms in total. The van der Waals surface area contributed by atoms with Crippen LogP contribution in [0.2, 0.25) is 0 Å². The number of aliphatic hydroxyl groups is 1. The molecule has 0 aliphatic carbocycles. The molecular formula is C39H48F2N4O5. The van der Waals surface area contributed by atoms with E-state index in [0.717, 1.165) is 11.6 Å². The van der Waals surface area contributed by atoms with Crippen LogP contribution >= 0.6 is 0 Å². The molecule has 0 saturated carbocycles. The number of hydrogen-bond donors (Lipinski definition) is 4. The second-order valence-electron chi connectivity index (χ2n) is 13.6. The van der Waals surface area contributed by atoms with Crippen molar-refractivity contribution in [3.63, 3.8) is 0 Å². The van der Waals surface area contributed by atoms with E-state index in [1.807, 2.05) is 74.5 Å². The lowest BCUT2D eigenvalue weighted by molar-refractivity contribution is -0.144. The van der Waals surface area contributed by atoms with Crippen LogP contribution in [0.4, 0.5) is 8.78 Å². The Kier molecular flexibility index (Phi) is 12.2. The lowest BCUT2D eigenvalue weighted by Gasteiger charge is -2.36. The molecule has 0 aromatic heterocycles. The molecule has 2 saturated heterocycles. The summed E-state index contributed by atoms with van der Waals surface area (Å²) in [5.41, 5.74) is 0.102. The number of halogens is 2. The van der Waals surface area contributed by atoms with Crippen molar-refractivity contribution in [2.45, 2.75) is 95.2 Å². The van der Waals surface area contributed by atoms with Crippen LogP contribution in [-0.4, -0.2) is 76.7 Å². The number of ether oxygens (including phenoxy) is 1. The zero-order chi connectivity index (χ0) is 35.8. The number of amides is 3. The van der Waals surface area contributed by atoms with Crippen LogP contribution in [0.5, 0.6) is 5.75 Å². The summed E-state index contributed by atoms with van der Waals surface area (Å²) >= 11 is 0. The number of nitrogens with one attached hydrogen (secondary N) is 3. The standard InChI is InChI=1S/C39H48F2N4O5/c1-4-25(2)39(44-26(3)46)17-18-45(38(39)49)35(16-15-27-11-7-5-8-12-27)37(48)43-34(21-28-19-29(40)22-30(41)20-28)36(47)33-23-32(24-42-33)50-31-13-9-6-10-14-31/h5-14,19-20,22,25,32-36,42,47H,4,15-18,21,23-24H2,1-3H3,(H,43,48)(H,44,46)/t25-,32+,33-,34+,35?,36-,39?/m1/s1. The Bertz CT molecular complexity index is 1590. The first-order valence-electron chi connectivity index (χ1n) is 17.5. The average Bonchev–Trinajstić information content (AvgIpc) is 3.68. The van der Waals surface area contributed by atoms with Crippen molar-refractivity contribution in [2.24, 2.45) is 5.92 Å². The number of carbonyl (C=O) groups excluding carboxylic acids is 3. The highest BCUT2D eigenvalue weighted by molar-refractivity contribution is 5.96. The lowest BCUT2D eigenvalue weighted by Crippen LogP contribution is -2.61. The number of aryl methyl sites for hydroxylation is 1. The molecule has 3 amide bonds. The molecule has 2 aliphatic heterocycles. The molecule has 0 radical (unpaired) electrons.